The zero-order valence-corrected chi connectivity index (χ0v) is 20.0. The summed E-state index contributed by atoms with van der Waals surface area (Å²) in [6.45, 7) is 28.7. The topological polar surface area (TPSA) is 18.5 Å². The van der Waals surface area contributed by atoms with Crippen LogP contribution in [0.15, 0.2) is 0 Å². The van der Waals surface area contributed by atoms with Gasteiger partial charge in [0.05, 0.1) is 0 Å². The van der Waals surface area contributed by atoms with Crippen molar-refractivity contribution in [2.45, 2.75) is 117 Å². The van der Waals surface area contributed by atoms with Crippen LogP contribution in [-0.4, -0.2) is 29.3 Å². The molecule has 0 amide bonds. The van der Waals surface area contributed by atoms with Crippen molar-refractivity contribution >= 4 is 16.6 Å². The smallest absolute Gasteiger partial charge is 0.200 e. The largest absolute Gasteiger partial charge is 0.417 e. The van der Waals surface area contributed by atoms with Crippen molar-refractivity contribution < 1.29 is 8.85 Å². The number of hydrogen-bond donors (Lipinski definition) is 0. The zero-order chi connectivity index (χ0) is 18.6. The standard InChI is InChI=1S/C19H44O2Si2/c1-15(2)23(16(3)4,17(5)6)21-18(7)13-14-20-22(11,12)19(8,9)10/h15-18H,13-14H2,1-12H3. The molecule has 2 nitrogen and oxygen atoms in total. The van der Waals surface area contributed by atoms with Crippen LogP contribution < -0.4 is 0 Å². The summed E-state index contributed by atoms with van der Waals surface area (Å²) < 4.78 is 13.1. The lowest BCUT2D eigenvalue weighted by atomic mass is 10.2. The summed E-state index contributed by atoms with van der Waals surface area (Å²) in [6, 6.07) is 0. The molecule has 0 N–H and O–H groups in total. The Kier molecular flexibility index (Phi) is 8.77. The molecule has 0 aromatic carbocycles. The van der Waals surface area contributed by atoms with Crippen LogP contribution in [0.25, 0.3) is 0 Å². The van der Waals surface area contributed by atoms with Gasteiger partial charge in [0.15, 0.2) is 8.32 Å². The Morgan fingerprint density at radius 2 is 1.17 bits per heavy atom. The van der Waals surface area contributed by atoms with Crippen molar-refractivity contribution in [2.75, 3.05) is 6.61 Å². The Balaban J connectivity index is 4.77. The molecule has 0 heterocycles. The molecule has 23 heavy (non-hydrogen) atoms. The van der Waals surface area contributed by atoms with Gasteiger partial charge in [-0.05, 0) is 48.1 Å². The Labute approximate surface area is 149 Å². The molecule has 1 unspecified atom stereocenters. The van der Waals surface area contributed by atoms with E-state index in [1.807, 2.05) is 0 Å². The highest BCUT2D eigenvalue weighted by Gasteiger charge is 2.46. The summed E-state index contributed by atoms with van der Waals surface area (Å²) in [5.74, 6) is 0. The fourth-order valence-corrected chi connectivity index (χ4v) is 10.2. The van der Waals surface area contributed by atoms with E-state index in [1.165, 1.54) is 0 Å². The van der Waals surface area contributed by atoms with Crippen molar-refractivity contribution in [1.29, 1.82) is 0 Å². The van der Waals surface area contributed by atoms with E-state index < -0.39 is 16.6 Å². The highest BCUT2D eigenvalue weighted by atomic mass is 28.4. The van der Waals surface area contributed by atoms with Gasteiger partial charge in [-0.15, -0.1) is 0 Å². The lowest BCUT2D eigenvalue weighted by Crippen LogP contribution is -2.50. The average molecular weight is 361 g/mol. The van der Waals surface area contributed by atoms with E-state index in [9.17, 15) is 0 Å². The van der Waals surface area contributed by atoms with E-state index in [-0.39, 0.29) is 5.04 Å². The molecule has 0 rings (SSSR count). The Bertz CT molecular complexity index is 322. The third kappa shape index (κ3) is 5.98. The van der Waals surface area contributed by atoms with Crippen molar-refractivity contribution in [3.8, 4) is 0 Å². The summed E-state index contributed by atoms with van der Waals surface area (Å²) in [5.41, 5.74) is 1.93. The number of rotatable bonds is 9. The zero-order valence-electron chi connectivity index (χ0n) is 18.0. The maximum atomic E-state index is 6.80. The first-order valence-corrected chi connectivity index (χ1v) is 14.5. The minimum Gasteiger partial charge on any atom is -0.417 e. The van der Waals surface area contributed by atoms with Gasteiger partial charge in [0.2, 0.25) is 8.32 Å². The summed E-state index contributed by atoms with van der Waals surface area (Å²) in [7, 11) is -3.41. The predicted octanol–water partition coefficient (Wildman–Crippen LogP) is 6.98. The first-order valence-electron chi connectivity index (χ1n) is 9.50. The molecule has 0 aromatic heterocycles. The maximum absolute atomic E-state index is 6.80. The van der Waals surface area contributed by atoms with Crippen LogP contribution in [0.2, 0.25) is 34.8 Å². The molecule has 0 aliphatic carbocycles. The quantitative estimate of drug-likeness (QED) is 0.413. The molecular formula is C19H44O2Si2. The Morgan fingerprint density at radius 3 is 1.48 bits per heavy atom. The van der Waals surface area contributed by atoms with Gasteiger partial charge in [0.25, 0.3) is 0 Å². The van der Waals surface area contributed by atoms with Gasteiger partial charge in [-0.1, -0.05) is 62.3 Å². The summed E-state index contributed by atoms with van der Waals surface area (Å²) in [5, 5.41) is 0.281. The first-order chi connectivity index (χ1) is 10.2. The average Bonchev–Trinajstić information content (AvgIpc) is 2.32. The van der Waals surface area contributed by atoms with Crippen LogP contribution in [0.5, 0.6) is 0 Å². The van der Waals surface area contributed by atoms with E-state index in [0.29, 0.717) is 22.7 Å². The summed E-state index contributed by atoms with van der Waals surface area (Å²) >= 11 is 0. The first kappa shape index (κ1) is 23.4. The minimum atomic E-state index is -1.77. The van der Waals surface area contributed by atoms with E-state index in [2.05, 4.69) is 82.3 Å². The second-order valence-corrected chi connectivity index (χ2v) is 19.9. The van der Waals surface area contributed by atoms with Crippen LogP contribution >= 0.6 is 0 Å². The molecule has 0 bridgehead atoms. The molecule has 0 saturated carbocycles. The Morgan fingerprint density at radius 1 is 0.783 bits per heavy atom. The summed E-state index contributed by atoms with van der Waals surface area (Å²) in [6.07, 6.45) is 1.30. The molecule has 0 radical (unpaired) electrons. The molecule has 0 aromatic rings. The van der Waals surface area contributed by atoms with Crippen LogP contribution in [0.1, 0.15) is 75.7 Å². The minimum absolute atomic E-state index is 0.281. The second-order valence-electron chi connectivity index (χ2n) is 9.64. The fraction of sp³-hybridized carbons (Fsp3) is 1.00. The van der Waals surface area contributed by atoms with Gasteiger partial charge >= 0.3 is 0 Å². The van der Waals surface area contributed by atoms with Crippen molar-refractivity contribution in [1.82, 2.24) is 0 Å². The van der Waals surface area contributed by atoms with Gasteiger partial charge in [0.1, 0.15) is 0 Å². The van der Waals surface area contributed by atoms with Gasteiger partial charge in [0, 0.05) is 12.7 Å². The molecular weight excluding hydrogens is 316 g/mol. The lowest BCUT2D eigenvalue weighted by molar-refractivity contribution is 0.151. The van der Waals surface area contributed by atoms with Crippen molar-refractivity contribution in [3.05, 3.63) is 0 Å². The van der Waals surface area contributed by atoms with Gasteiger partial charge < -0.3 is 8.85 Å². The van der Waals surface area contributed by atoms with Gasteiger partial charge in [-0.2, -0.15) is 0 Å². The molecule has 0 saturated heterocycles. The highest BCUT2D eigenvalue weighted by Crippen LogP contribution is 2.43. The molecule has 0 aliphatic rings. The highest BCUT2D eigenvalue weighted by molar-refractivity contribution is 6.77. The fourth-order valence-electron chi connectivity index (χ4n) is 3.51. The van der Waals surface area contributed by atoms with Gasteiger partial charge in [-0.3, -0.25) is 0 Å². The normalized spacial score (nSPS) is 15.8. The molecule has 1 atom stereocenters. The van der Waals surface area contributed by atoms with E-state index in [4.69, 9.17) is 8.85 Å². The summed E-state index contributed by atoms with van der Waals surface area (Å²) in [4.78, 5) is 0. The maximum Gasteiger partial charge on any atom is 0.200 e. The predicted molar refractivity (Wildman–Crippen MR) is 109 cm³/mol. The molecule has 0 spiro atoms. The molecule has 140 valence electrons. The van der Waals surface area contributed by atoms with Crippen molar-refractivity contribution in [2.24, 2.45) is 0 Å². The molecule has 0 aliphatic heterocycles. The molecule has 4 heteroatoms. The second kappa shape index (κ2) is 8.64. The third-order valence-corrected chi connectivity index (χ3v) is 16.7. The Hall–Kier alpha value is 0.354. The van der Waals surface area contributed by atoms with Crippen LogP contribution in [0, 0.1) is 0 Å². The molecule has 0 fully saturated rings. The van der Waals surface area contributed by atoms with Crippen molar-refractivity contribution in [3.63, 3.8) is 0 Å². The van der Waals surface area contributed by atoms with Gasteiger partial charge in [-0.25, -0.2) is 0 Å². The third-order valence-electron chi connectivity index (χ3n) is 5.91. The van der Waals surface area contributed by atoms with E-state index in [1.54, 1.807) is 0 Å². The monoisotopic (exact) mass is 360 g/mol. The van der Waals surface area contributed by atoms with E-state index >= 15 is 0 Å². The van der Waals surface area contributed by atoms with Crippen LogP contribution in [0.3, 0.4) is 0 Å². The van der Waals surface area contributed by atoms with E-state index in [0.717, 1.165) is 13.0 Å². The SMILES string of the molecule is CC(CCO[Si](C)(C)C(C)(C)C)O[Si](C(C)C)(C(C)C)C(C)C. The van der Waals surface area contributed by atoms with Crippen LogP contribution in [-0.2, 0) is 8.85 Å². The van der Waals surface area contributed by atoms with Crippen LogP contribution in [0.4, 0.5) is 0 Å². The number of hydrogen-bond acceptors (Lipinski definition) is 2. The lowest BCUT2D eigenvalue weighted by Gasteiger charge is -2.44.